The molecule has 1 aromatic heterocycles. The maximum Gasteiger partial charge on any atom is 0.251 e. The Kier molecular flexibility index (Phi) is 6.31. The fourth-order valence-electron chi connectivity index (χ4n) is 3.47. The van der Waals surface area contributed by atoms with Crippen molar-refractivity contribution in [2.24, 2.45) is 0 Å². The number of carbonyl (C=O) groups is 1. The molecule has 0 unspecified atom stereocenters. The number of rotatable bonds is 7. The minimum absolute atomic E-state index is 0.151. The highest BCUT2D eigenvalue weighted by Crippen LogP contribution is 2.18. The van der Waals surface area contributed by atoms with Gasteiger partial charge in [-0.1, -0.05) is 30.3 Å². The Morgan fingerprint density at radius 2 is 1.66 bits per heavy atom. The topological polar surface area (TPSA) is 56.2 Å². The van der Waals surface area contributed by atoms with Crippen molar-refractivity contribution in [3.05, 3.63) is 113 Å². The molecular weight excluding hydrogens is 405 g/mol. The van der Waals surface area contributed by atoms with Gasteiger partial charge in [0, 0.05) is 23.4 Å². The Morgan fingerprint density at radius 1 is 0.969 bits per heavy atom. The molecule has 0 fully saturated rings. The molecule has 0 spiro atoms. The molecule has 0 atom stereocenters. The van der Waals surface area contributed by atoms with Crippen LogP contribution in [-0.2, 0) is 13.2 Å². The van der Waals surface area contributed by atoms with E-state index in [0.717, 1.165) is 28.2 Å². The Balaban J connectivity index is 1.36. The van der Waals surface area contributed by atoms with Gasteiger partial charge in [0.05, 0.1) is 11.4 Å². The van der Waals surface area contributed by atoms with E-state index < -0.39 is 0 Å². The number of benzene rings is 3. The van der Waals surface area contributed by atoms with Gasteiger partial charge >= 0.3 is 0 Å². The number of nitrogens with one attached hydrogen (secondary N) is 1. The van der Waals surface area contributed by atoms with Crippen LogP contribution in [0.15, 0.2) is 78.9 Å². The number of para-hydroxylation sites is 1. The smallest absolute Gasteiger partial charge is 0.251 e. The van der Waals surface area contributed by atoms with Crippen molar-refractivity contribution < 1.29 is 13.9 Å². The first-order valence-electron chi connectivity index (χ1n) is 10.4. The minimum Gasteiger partial charge on any atom is -0.489 e. The lowest BCUT2D eigenvalue weighted by molar-refractivity contribution is 0.0951. The molecule has 4 rings (SSSR count). The summed E-state index contributed by atoms with van der Waals surface area (Å²) in [6, 6.07) is 23.0. The van der Waals surface area contributed by atoms with Gasteiger partial charge in [0.2, 0.25) is 0 Å². The second kappa shape index (κ2) is 9.47. The molecule has 0 radical (unpaired) electrons. The van der Waals surface area contributed by atoms with Crippen LogP contribution in [0.3, 0.4) is 0 Å². The van der Waals surface area contributed by atoms with Crippen LogP contribution in [0, 0.1) is 19.7 Å². The molecule has 32 heavy (non-hydrogen) atoms. The first-order chi connectivity index (χ1) is 15.5. The molecule has 1 amide bonds. The van der Waals surface area contributed by atoms with Crippen LogP contribution in [0.5, 0.6) is 5.75 Å². The summed E-state index contributed by atoms with van der Waals surface area (Å²) in [7, 11) is 0. The Labute approximate surface area is 186 Å². The van der Waals surface area contributed by atoms with Crippen molar-refractivity contribution in [3.8, 4) is 11.4 Å². The molecule has 5 nitrogen and oxygen atoms in total. The molecule has 1 N–H and O–H groups in total. The highest BCUT2D eigenvalue weighted by atomic mass is 19.1. The average molecular weight is 429 g/mol. The van der Waals surface area contributed by atoms with Crippen molar-refractivity contribution in [2.45, 2.75) is 27.0 Å². The first-order valence-corrected chi connectivity index (χ1v) is 10.4. The first kappa shape index (κ1) is 21.3. The van der Waals surface area contributed by atoms with E-state index in [-0.39, 0.29) is 11.7 Å². The summed E-state index contributed by atoms with van der Waals surface area (Å²) in [5.41, 5.74) is 5.38. The number of halogens is 1. The molecule has 0 aliphatic rings. The van der Waals surface area contributed by atoms with E-state index in [1.807, 2.05) is 61.0 Å². The number of nitrogens with zero attached hydrogens (tertiary/aromatic N) is 2. The van der Waals surface area contributed by atoms with Crippen LogP contribution >= 0.6 is 0 Å². The number of carbonyl (C=O) groups excluding carboxylic acids is 1. The highest BCUT2D eigenvalue weighted by Gasteiger charge is 2.14. The lowest BCUT2D eigenvalue weighted by atomic mass is 10.1. The predicted octanol–water partition coefficient (Wildman–Crippen LogP) is 5.14. The molecule has 0 saturated heterocycles. The lowest BCUT2D eigenvalue weighted by Crippen LogP contribution is -2.23. The van der Waals surface area contributed by atoms with E-state index in [9.17, 15) is 9.18 Å². The van der Waals surface area contributed by atoms with Gasteiger partial charge in [0.25, 0.3) is 5.91 Å². The molecule has 0 bridgehead atoms. The van der Waals surface area contributed by atoms with Gasteiger partial charge in [-0.15, -0.1) is 0 Å². The maximum atomic E-state index is 13.0. The Bertz CT molecular complexity index is 1200. The zero-order chi connectivity index (χ0) is 22.5. The summed E-state index contributed by atoms with van der Waals surface area (Å²) in [5.74, 6) is 0.141. The van der Waals surface area contributed by atoms with Crippen molar-refractivity contribution in [3.63, 3.8) is 0 Å². The lowest BCUT2D eigenvalue weighted by Gasteiger charge is -2.09. The van der Waals surface area contributed by atoms with Crippen LogP contribution in [0.4, 0.5) is 4.39 Å². The number of amides is 1. The highest BCUT2D eigenvalue weighted by molar-refractivity contribution is 5.94. The van der Waals surface area contributed by atoms with E-state index in [1.54, 1.807) is 24.3 Å². The van der Waals surface area contributed by atoms with Crippen LogP contribution in [0.2, 0.25) is 0 Å². The molecule has 1 heterocycles. The van der Waals surface area contributed by atoms with Gasteiger partial charge in [-0.05, 0) is 67.9 Å². The molecule has 0 aliphatic carbocycles. The van der Waals surface area contributed by atoms with Crippen molar-refractivity contribution >= 4 is 5.91 Å². The number of aromatic nitrogens is 2. The summed E-state index contributed by atoms with van der Waals surface area (Å²) in [6.45, 7) is 4.69. The molecular formula is C26H24FN3O2. The zero-order valence-electron chi connectivity index (χ0n) is 18.0. The van der Waals surface area contributed by atoms with Crippen LogP contribution in [0.1, 0.15) is 32.9 Å². The minimum atomic E-state index is -0.300. The van der Waals surface area contributed by atoms with Gasteiger partial charge in [-0.25, -0.2) is 9.07 Å². The predicted molar refractivity (Wildman–Crippen MR) is 121 cm³/mol. The monoisotopic (exact) mass is 429 g/mol. The van der Waals surface area contributed by atoms with Crippen LogP contribution in [0.25, 0.3) is 5.69 Å². The summed E-state index contributed by atoms with van der Waals surface area (Å²) < 4.78 is 20.5. The standard InChI is InChI=1S/C26H24FN3O2/c1-18-25(19(2)30(29-18)23-6-4-3-5-7-23)16-28-26(31)21-10-8-20(9-11-21)17-32-24-14-12-22(27)13-15-24/h3-15H,16-17H2,1-2H3,(H,28,31). The SMILES string of the molecule is Cc1nn(-c2ccccc2)c(C)c1CNC(=O)c1ccc(COc2ccc(F)cc2)cc1. The fraction of sp³-hybridized carbons (Fsp3) is 0.154. The summed E-state index contributed by atoms with van der Waals surface area (Å²) in [5, 5.41) is 7.61. The second-order valence-electron chi connectivity index (χ2n) is 7.52. The number of hydrogen-bond acceptors (Lipinski definition) is 3. The number of hydrogen-bond donors (Lipinski definition) is 1. The fourth-order valence-corrected chi connectivity index (χ4v) is 3.47. The van der Waals surface area contributed by atoms with Gasteiger partial charge in [0.15, 0.2) is 0 Å². The largest absolute Gasteiger partial charge is 0.489 e. The summed E-state index contributed by atoms with van der Waals surface area (Å²) in [4.78, 5) is 12.6. The molecule has 162 valence electrons. The van der Waals surface area contributed by atoms with E-state index >= 15 is 0 Å². The summed E-state index contributed by atoms with van der Waals surface area (Å²) >= 11 is 0. The normalized spacial score (nSPS) is 10.7. The molecule has 0 aliphatic heterocycles. The van der Waals surface area contributed by atoms with Crippen molar-refractivity contribution in [2.75, 3.05) is 0 Å². The second-order valence-corrected chi connectivity index (χ2v) is 7.52. The third kappa shape index (κ3) is 4.86. The van der Waals surface area contributed by atoms with E-state index in [4.69, 9.17) is 4.74 Å². The Hall–Kier alpha value is -3.93. The van der Waals surface area contributed by atoms with Gasteiger partial charge < -0.3 is 10.1 Å². The molecule has 0 saturated carbocycles. The third-order valence-electron chi connectivity index (χ3n) is 5.30. The molecule has 3 aromatic carbocycles. The molecule has 4 aromatic rings. The maximum absolute atomic E-state index is 13.0. The van der Waals surface area contributed by atoms with E-state index in [0.29, 0.717) is 24.5 Å². The van der Waals surface area contributed by atoms with E-state index in [2.05, 4.69) is 10.4 Å². The van der Waals surface area contributed by atoms with Gasteiger partial charge in [0.1, 0.15) is 18.2 Å². The van der Waals surface area contributed by atoms with E-state index in [1.165, 1.54) is 12.1 Å². The van der Waals surface area contributed by atoms with Gasteiger partial charge in [-0.2, -0.15) is 5.10 Å². The average Bonchev–Trinajstić information content (AvgIpc) is 3.11. The summed E-state index contributed by atoms with van der Waals surface area (Å²) in [6.07, 6.45) is 0. The number of aryl methyl sites for hydroxylation is 1. The van der Waals surface area contributed by atoms with Crippen molar-refractivity contribution in [1.29, 1.82) is 0 Å². The third-order valence-corrected chi connectivity index (χ3v) is 5.30. The van der Waals surface area contributed by atoms with Crippen LogP contribution in [-0.4, -0.2) is 15.7 Å². The quantitative estimate of drug-likeness (QED) is 0.443. The zero-order valence-corrected chi connectivity index (χ0v) is 18.0. The Morgan fingerprint density at radius 3 is 2.34 bits per heavy atom. The van der Waals surface area contributed by atoms with Crippen LogP contribution < -0.4 is 10.1 Å². The molecule has 6 heteroatoms. The van der Waals surface area contributed by atoms with Gasteiger partial charge in [-0.3, -0.25) is 4.79 Å². The van der Waals surface area contributed by atoms with Crippen molar-refractivity contribution in [1.82, 2.24) is 15.1 Å². The number of ether oxygens (including phenoxy) is 1.